The van der Waals surface area contributed by atoms with Gasteiger partial charge in [-0.1, -0.05) is 24.6 Å². The Morgan fingerprint density at radius 3 is 2.65 bits per heavy atom. The van der Waals surface area contributed by atoms with E-state index in [1.807, 2.05) is 19.1 Å². The van der Waals surface area contributed by atoms with Gasteiger partial charge in [0.05, 0.1) is 10.4 Å². The Bertz CT molecular complexity index is 474. The molecule has 0 fully saturated rings. The van der Waals surface area contributed by atoms with Gasteiger partial charge < -0.3 is 15.6 Å². The second kappa shape index (κ2) is 6.95. The predicted octanol–water partition coefficient (Wildman–Crippen LogP) is 3.11. The van der Waals surface area contributed by atoms with E-state index >= 15 is 0 Å². The highest BCUT2D eigenvalue weighted by Gasteiger charge is 2.28. The smallest absolute Gasteiger partial charge is 0.312 e. The lowest BCUT2D eigenvalue weighted by molar-refractivity contribution is -0.148. The van der Waals surface area contributed by atoms with Crippen LogP contribution < -0.4 is 10.5 Å². The van der Waals surface area contributed by atoms with Gasteiger partial charge in [0.15, 0.2) is 0 Å². The number of hydrogen-bond donors (Lipinski definition) is 2. The summed E-state index contributed by atoms with van der Waals surface area (Å²) in [6.07, 6.45) is 1.67. The SMILES string of the molecule is CCC(N)Cc1ccc(OCC(C)(C)C(=O)O)c(Cl)c1. The maximum absolute atomic E-state index is 11.0. The molecule has 1 unspecified atom stereocenters. The maximum atomic E-state index is 11.0. The lowest BCUT2D eigenvalue weighted by atomic mass is 9.95. The molecule has 5 heteroatoms. The molecule has 4 nitrogen and oxygen atoms in total. The highest BCUT2D eigenvalue weighted by atomic mass is 35.5. The number of benzene rings is 1. The van der Waals surface area contributed by atoms with Crippen LogP contribution in [0.2, 0.25) is 5.02 Å². The molecule has 0 aromatic heterocycles. The van der Waals surface area contributed by atoms with E-state index in [1.165, 1.54) is 0 Å². The first-order valence-corrected chi connectivity index (χ1v) is 7.04. The van der Waals surface area contributed by atoms with Crippen LogP contribution in [0.25, 0.3) is 0 Å². The number of carboxylic acid groups (broad SMARTS) is 1. The first-order valence-electron chi connectivity index (χ1n) is 6.66. The molecule has 0 radical (unpaired) electrons. The van der Waals surface area contributed by atoms with Crippen molar-refractivity contribution < 1.29 is 14.6 Å². The van der Waals surface area contributed by atoms with Crippen LogP contribution >= 0.6 is 11.6 Å². The highest BCUT2D eigenvalue weighted by molar-refractivity contribution is 6.32. The summed E-state index contributed by atoms with van der Waals surface area (Å²) in [7, 11) is 0. The van der Waals surface area contributed by atoms with Crippen molar-refractivity contribution in [3.8, 4) is 5.75 Å². The van der Waals surface area contributed by atoms with Crippen molar-refractivity contribution in [3.05, 3.63) is 28.8 Å². The first kappa shape index (κ1) is 16.8. The van der Waals surface area contributed by atoms with Crippen LogP contribution in [-0.2, 0) is 11.2 Å². The molecule has 3 N–H and O–H groups in total. The van der Waals surface area contributed by atoms with Crippen molar-refractivity contribution in [1.82, 2.24) is 0 Å². The van der Waals surface area contributed by atoms with Crippen molar-refractivity contribution in [2.24, 2.45) is 11.1 Å². The number of carbonyl (C=O) groups is 1. The molecule has 1 atom stereocenters. The number of aliphatic carboxylic acids is 1. The molecule has 0 saturated heterocycles. The number of hydrogen-bond acceptors (Lipinski definition) is 3. The van der Waals surface area contributed by atoms with Gasteiger partial charge in [0.25, 0.3) is 0 Å². The molecule has 20 heavy (non-hydrogen) atoms. The molecule has 1 aromatic carbocycles. The number of halogens is 1. The average molecular weight is 300 g/mol. The Hall–Kier alpha value is -1.26. The van der Waals surface area contributed by atoms with Crippen LogP contribution in [0.15, 0.2) is 18.2 Å². The van der Waals surface area contributed by atoms with Crippen molar-refractivity contribution in [2.75, 3.05) is 6.61 Å². The molecule has 1 aromatic rings. The fraction of sp³-hybridized carbons (Fsp3) is 0.533. The highest BCUT2D eigenvalue weighted by Crippen LogP contribution is 2.28. The van der Waals surface area contributed by atoms with E-state index in [0.29, 0.717) is 10.8 Å². The minimum absolute atomic E-state index is 0.0654. The van der Waals surface area contributed by atoms with Gasteiger partial charge in [0, 0.05) is 6.04 Å². The van der Waals surface area contributed by atoms with Crippen molar-refractivity contribution in [2.45, 2.75) is 39.7 Å². The van der Waals surface area contributed by atoms with Gasteiger partial charge in [0.1, 0.15) is 12.4 Å². The summed E-state index contributed by atoms with van der Waals surface area (Å²) in [5, 5.41) is 9.51. The predicted molar refractivity (Wildman–Crippen MR) is 80.3 cm³/mol. The fourth-order valence-corrected chi connectivity index (χ4v) is 1.81. The van der Waals surface area contributed by atoms with Gasteiger partial charge in [-0.25, -0.2) is 0 Å². The number of ether oxygens (including phenoxy) is 1. The van der Waals surface area contributed by atoms with Crippen LogP contribution in [0.5, 0.6) is 5.75 Å². The largest absolute Gasteiger partial charge is 0.491 e. The van der Waals surface area contributed by atoms with Crippen LogP contribution in [0, 0.1) is 5.41 Å². The Morgan fingerprint density at radius 1 is 1.50 bits per heavy atom. The first-order chi connectivity index (χ1) is 9.26. The van der Waals surface area contributed by atoms with E-state index < -0.39 is 11.4 Å². The molecule has 0 amide bonds. The molecular formula is C15H22ClNO3. The van der Waals surface area contributed by atoms with Crippen molar-refractivity contribution in [3.63, 3.8) is 0 Å². The van der Waals surface area contributed by atoms with Crippen molar-refractivity contribution >= 4 is 17.6 Å². The van der Waals surface area contributed by atoms with Crippen molar-refractivity contribution in [1.29, 1.82) is 0 Å². The van der Waals surface area contributed by atoms with E-state index in [1.54, 1.807) is 19.9 Å². The van der Waals surface area contributed by atoms with E-state index in [-0.39, 0.29) is 12.6 Å². The van der Waals surface area contributed by atoms with Gasteiger partial charge in [-0.15, -0.1) is 0 Å². The molecule has 1 rings (SSSR count). The Labute approximate surface area is 124 Å². The molecule has 0 aliphatic carbocycles. The summed E-state index contributed by atoms with van der Waals surface area (Å²) in [5.41, 5.74) is 6.00. The Balaban J connectivity index is 2.71. The van der Waals surface area contributed by atoms with Crippen LogP contribution in [0.3, 0.4) is 0 Å². The zero-order chi connectivity index (χ0) is 15.3. The van der Waals surface area contributed by atoms with Gasteiger partial charge in [-0.05, 0) is 44.4 Å². The number of carboxylic acids is 1. The van der Waals surface area contributed by atoms with Gasteiger partial charge in [-0.2, -0.15) is 0 Å². The Morgan fingerprint density at radius 2 is 2.15 bits per heavy atom. The molecule has 0 heterocycles. The molecule has 112 valence electrons. The van der Waals surface area contributed by atoms with Gasteiger partial charge in [-0.3, -0.25) is 4.79 Å². The third-order valence-electron chi connectivity index (χ3n) is 3.19. The number of nitrogens with two attached hydrogens (primary N) is 1. The molecule has 0 bridgehead atoms. The van der Waals surface area contributed by atoms with Crippen LogP contribution in [0.4, 0.5) is 0 Å². The Kier molecular flexibility index (Phi) is 5.84. The van der Waals surface area contributed by atoms with E-state index in [4.69, 9.17) is 27.2 Å². The molecule has 0 saturated carbocycles. The quantitative estimate of drug-likeness (QED) is 0.811. The zero-order valence-corrected chi connectivity index (χ0v) is 12.9. The molecule has 0 spiro atoms. The minimum Gasteiger partial charge on any atom is -0.491 e. The topological polar surface area (TPSA) is 72.5 Å². The number of rotatable bonds is 7. The zero-order valence-electron chi connectivity index (χ0n) is 12.1. The molecule has 0 aliphatic heterocycles. The third-order valence-corrected chi connectivity index (χ3v) is 3.48. The monoisotopic (exact) mass is 299 g/mol. The fourth-order valence-electron chi connectivity index (χ4n) is 1.56. The molecular weight excluding hydrogens is 278 g/mol. The van der Waals surface area contributed by atoms with E-state index in [9.17, 15) is 4.79 Å². The van der Waals surface area contributed by atoms with Gasteiger partial charge in [0.2, 0.25) is 0 Å². The normalized spacial score (nSPS) is 13.1. The third kappa shape index (κ3) is 4.69. The second-order valence-electron chi connectivity index (χ2n) is 5.61. The standard InChI is InChI=1S/C15H22ClNO3/c1-4-11(17)7-10-5-6-13(12(16)8-10)20-9-15(2,3)14(18)19/h5-6,8,11H,4,7,9,17H2,1-3H3,(H,18,19). The summed E-state index contributed by atoms with van der Waals surface area (Å²) in [4.78, 5) is 11.0. The summed E-state index contributed by atoms with van der Waals surface area (Å²) >= 11 is 6.15. The molecule has 0 aliphatic rings. The van der Waals surface area contributed by atoms with Crippen LogP contribution in [-0.4, -0.2) is 23.7 Å². The minimum atomic E-state index is -0.952. The maximum Gasteiger partial charge on any atom is 0.312 e. The van der Waals surface area contributed by atoms with E-state index in [0.717, 1.165) is 18.4 Å². The second-order valence-corrected chi connectivity index (χ2v) is 6.02. The van der Waals surface area contributed by atoms with Gasteiger partial charge >= 0.3 is 5.97 Å². The summed E-state index contributed by atoms with van der Waals surface area (Å²) in [6, 6.07) is 5.60. The average Bonchev–Trinajstić information content (AvgIpc) is 2.37. The van der Waals surface area contributed by atoms with E-state index in [2.05, 4.69) is 0 Å². The summed E-state index contributed by atoms with van der Waals surface area (Å²) in [6.45, 7) is 5.32. The van der Waals surface area contributed by atoms with Crippen LogP contribution in [0.1, 0.15) is 32.8 Å². The lowest BCUT2D eigenvalue weighted by Gasteiger charge is -2.20. The summed E-state index contributed by atoms with van der Waals surface area (Å²) < 4.78 is 5.51. The lowest BCUT2D eigenvalue weighted by Crippen LogP contribution is -2.30. The summed E-state index contributed by atoms with van der Waals surface area (Å²) in [5.74, 6) is -0.408.